The van der Waals surface area contributed by atoms with E-state index in [4.69, 9.17) is 4.52 Å². The molecule has 0 spiro atoms. The van der Waals surface area contributed by atoms with Gasteiger partial charge in [-0.2, -0.15) is 5.21 Å². The highest BCUT2D eigenvalue weighted by atomic mass is 19.1. The minimum Gasteiger partial charge on any atom is -0.335 e. The Morgan fingerprint density at radius 3 is 2.67 bits per heavy atom. The number of benzene rings is 2. The molecule has 1 aliphatic rings. The van der Waals surface area contributed by atoms with Crippen LogP contribution in [0.15, 0.2) is 59.1 Å². The number of hydrogen-bond donors (Lipinski definition) is 2. The number of nitrogens with zero attached hydrogens (tertiary/aromatic N) is 5. The van der Waals surface area contributed by atoms with Crippen LogP contribution < -0.4 is 5.32 Å². The minimum absolute atomic E-state index is 0.218. The highest BCUT2D eigenvalue weighted by Crippen LogP contribution is 2.43. The van der Waals surface area contributed by atoms with Gasteiger partial charge in [0.2, 0.25) is 5.82 Å². The van der Waals surface area contributed by atoms with Gasteiger partial charge in [0.1, 0.15) is 5.82 Å². The number of tetrazole rings is 1. The first kappa shape index (κ1) is 19.2. The fraction of sp³-hybridized carbons (Fsp3) is 0.130. The maximum atomic E-state index is 14.4. The molecule has 0 radical (unpaired) electrons. The highest BCUT2D eigenvalue weighted by Gasteiger charge is 2.32. The molecular formula is C23H16FN7O2. The average Bonchev–Trinajstić information content (AvgIpc) is 3.35. The van der Waals surface area contributed by atoms with Gasteiger partial charge in [0.25, 0.3) is 11.6 Å². The molecule has 0 bridgehead atoms. The third-order valence-electron chi connectivity index (χ3n) is 5.58. The number of rotatable bonds is 5. The lowest BCUT2D eigenvalue weighted by Crippen LogP contribution is -2.13. The first-order valence-electron chi connectivity index (χ1n) is 10.4. The van der Waals surface area contributed by atoms with E-state index in [1.807, 2.05) is 0 Å². The molecule has 0 atom stereocenters. The van der Waals surface area contributed by atoms with Crippen LogP contribution in [0.5, 0.6) is 0 Å². The van der Waals surface area contributed by atoms with Gasteiger partial charge in [-0.25, -0.2) is 9.37 Å². The first-order chi connectivity index (χ1) is 16.2. The molecule has 9 nitrogen and oxygen atoms in total. The first-order valence-corrected chi connectivity index (χ1v) is 10.4. The lowest BCUT2D eigenvalue weighted by molar-refractivity contribution is 0.102. The molecule has 5 aromatic rings. The number of nitrogens with one attached hydrogen (secondary N) is 2. The van der Waals surface area contributed by atoms with Crippen LogP contribution in [0.2, 0.25) is 0 Å². The van der Waals surface area contributed by atoms with Crippen molar-refractivity contribution in [2.24, 2.45) is 0 Å². The molecule has 2 N–H and O–H groups in total. The van der Waals surface area contributed by atoms with E-state index in [9.17, 15) is 9.18 Å². The fourth-order valence-corrected chi connectivity index (χ4v) is 3.78. The smallest absolute Gasteiger partial charge is 0.259 e. The normalized spacial score (nSPS) is 13.4. The Labute approximate surface area is 186 Å². The zero-order chi connectivity index (χ0) is 22.4. The summed E-state index contributed by atoms with van der Waals surface area (Å²) in [4.78, 5) is 17.8. The molecule has 6 rings (SSSR count). The lowest BCUT2D eigenvalue weighted by Gasteiger charge is -2.09. The van der Waals surface area contributed by atoms with Gasteiger partial charge < -0.3 is 9.84 Å². The molecule has 0 aliphatic heterocycles. The molecule has 1 fully saturated rings. The van der Waals surface area contributed by atoms with Crippen LogP contribution >= 0.6 is 0 Å². The topological polar surface area (TPSA) is 122 Å². The van der Waals surface area contributed by atoms with Crippen molar-refractivity contribution in [1.82, 2.24) is 30.8 Å². The Hall–Kier alpha value is -4.47. The van der Waals surface area contributed by atoms with Crippen molar-refractivity contribution in [3.8, 4) is 22.6 Å². The number of halogens is 1. The number of aromatic amines is 1. The van der Waals surface area contributed by atoms with E-state index in [2.05, 4.69) is 36.1 Å². The number of H-pyrrole nitrogens is 1. The van der Waals surface area contributed by atoms with Crippen LogP contribution in [-0.2, 0) is 0 Å². The Balaban J connectivity index is 1.40. The molecule has 10 heteroatoms. The third kappa shape index (κ3) is 3.51. The summed E-state index contributed by atoms with van der Waals surface area (Å²) in [5, 5.41) is 21.5. The van der Waals surface area contributed by atoms with Gasteiger partial charge in [-0.1, -0.05) is 17.3 Å². The van der Waals surface area contributed by atoms with Gasteiger partial charge in [-0.3, -0.25) is 4.79 Å². The summed E-state index contributed by atoms with van der Waals surface area (Å²) in [5.41, 5.74) is 3.19. The van der Waals surface area contributed by atoms with E-state index in [1.165, 1.54) is 6.07 Å². The van der Waals surface area contributed by atoms with Crippen LogP contribution in [0.25, 0.3) is 33.7 Å². The summed E-state index contributed by atoms with van der Waals surface area (Å²) in [6, 6.07) is 14.9. The lowest BCUT2D eigenvalue weighted by atomic mass is 10.0. The Bertz CT molecular complexity index is 1480. The second-order valence-corrected chi connectivity index (χ2v) is 7.82. The molecule has 3 aromatic heterocycles. The Morgan fingerprint density at radius 1 is 1.12 bits per heavy atom. The van der Waals surface area contributed by atoms with E-state index in [-0.39, 0.29) is 23.1 Å². The van der Waals surface area contributed by atoms with Crippen LogP contribution in [0, 0.1) is 5.82 Å². The van der Waals surface area contributed by atoms with Gasteiger partial charge in [0.15, 0.2) is 0 Å². The van der Waals surface area contributed by atoms with Crippen molar-refractivity contribution in [3.63, 3.8) is 0 Å². The molecular weight excluding hydrogens is 425 g/mol. The van der Waals surface area contributed by atoms with E-state index < -0.39 is 5.82 Å². The van der Waals surface area contributed by atoms with Crippen molar-refractivity contribution in [2.75, 3.05) is 5.32 Å². The summed E-state index contributed by atoms with van der Waals surface area (Å²) in [7, 11) is 0. The van der Waals surface area contributed by atoms with Gasteiger partial charge >= 0.3 is 0 Å². The minimum atomic E-state index is -0.435. The average molecular weight is 441 g/mol. The molecule has 162 valence electrons. The second-order valence-electron chi connectivity index (χ2n) is 7.82. The molecule has 0 saturated heterocycles. The number of carbonyl (C=O) groups excluding carboxylic acids is 1. The van der Waals surface area contributed by atoms with Gasteiger partial charge in [-0.05, 0) is 60.5 Å². The molecule has 3 heterocycles. The standard InChI is InChI=1S/C23H16FN7O2/c24-17-4-2-1-3-15(17)18-11-16(19-20(12-5-6-12)29-33-23(19)26-18)22(32)25-14-9-7-13(8-10-14)21-27-30-31-28-21/h1-4,7-12H,5-6H2,(H,25,32)(H,27,28,30,31). The summed E-state index contributed by atoms with van der Waals surface area (Å²) in [6.07, 6.45) is 1.96. The molecule has 0 unspecified atom stereocenters. The number of pyridine rings is 1. The van der Waals surface area contributed by atoms with Crippen molar-refractivity contribution < 1.29 is 13.7 Å². The number of fused-ring (bicyclic) bond motifs is 1. The maximum Gasteiger partial charge on any atom is 0.259 e. The number of carbonyl (C=O) groups is 1. The molecule has 1 aliphatic carbocycles. The van der Waals surface area contributed by atoms with E-state index in [0.29, 0.717) is 28.2 Å². The van der Waals surface area contributed by atoms with Crippen LogP contribution in [0.4, 0.5) is 10.1 Å². The predicted molar refractivity (Wildman–Crippen MR) is 117 cm³/mol. The van der Waals surface area contributed by atoms with Crippen molar-refractivity contribution in [1.29, 1.82) is 0 Å². The van der Waals surface area contributed by atoms with Crippen molar-refractivity contribution in [3.05, 3.63) is 71.7 Å². The van der Waals surface area contributed by atoms with Gasteiger partial charge in [0.05, 0.1) is 22.3 Å². The van der Waals surface area contributed by atoms with E-state index in [0.717, 1.165) is 24.1 Å². The van der Waals surface area contributed by atoms with Crippen molar-refractivity contribution >= 4 is 22.7 Å². The zero-order valence-electron chi connectivity index (χ0n) is 17.1. The number of aromatic nitrogens is 6. The summed E-state index contributed by atoms with van der Waals surface area (Å²) < 4.78 is 19.9. The van der Waals surface area contributed by atoms with Crippen LogP contribution in [-0.4, -0.2) is 36.7 Å². The van der Waals surface area contributed by atoms with E-state index >= 15 is 0 Å². The Morgan fingerprint density at radius 2 is 1.94 bits per heavy atom. The zero-order valence-corrected chi connectivity index (χ0v) is 17.1. The van der Waals surface area contributed by atoms with E-state index in [1.54, 1.807) is 48.5 Å². The number of amides is 1. The van der Waals surface area contributed by atoms with Crippen LogP contribution in [0.1, 0.15) is 34.8 Å². The summed E-state index contributed by atoms with van der Waals surface area (Å²) in [6.45, 7) is 0. The van der Waals surface area contributed by atoms with Crippen LogP contribution in [0.3, 0.4) is 0 Å². The van der Waals surface area contributed by atoms with Gasteiger partial charge in [0, 0.05) is 22.7 Å². The third-order valence-corrected chi connectivity index (χ3v) is 5.58. The summed E-state index contributed by atoms with van der Waals surface area (Å²) >= 11 is 0. The predicted octanol–water partition coefficient (Wildman–Crippen LogP) is 4.34. The second kappa shape index (κ2) is 7.59. The molecule has 1 saturated carbocycles. The van der Waals surface area contributed by atoms with Gasteiger partial charge in [-0.15, -0.1) is 10.2 Å². The van der Waals surface area contributed by atoms with Crippen molar-refractivity contribution in [2.45, 2.75) is 18.8 Å². The molecule has 2 aromatic carbocycles. The summed E-state index contributed by atoms with van der Waals surface area (Å²) in [5.74, 6) is -0.1000. The maximum absolute atomic E-state index is 14.4. The molecule has 1 amide bonds. The number of hydrogen-bond acceptors (Lipinski definition) is 7. The highest BCUT2D eigenvalue weighted by molar-refractivity contribution is 6.13. The number of anilines is 1. The largest absolute Gasteiger partial charge is 0.335 e. The molecule has 33 heavy (non-hydrogen) atoms. The fourth-order valence-electron chi connectivity index (χ4n) is 3.78. The Kier molecular flexibility index (Phi) is 4.42. The monoisotopic (exact) mass is 441 g/mol. The SMILES string of the molecule is O=C(Nc1ccc(-c2nn[nH]n2)cc1)c1cc(-c2ccccc2F)nc2onc(C3CC3)c12. The quantitative estimate of drug-likeness (QED) is 0.416.